The number of carbonyl (C=O) groups is 3. The van der Waals surface area contributed by atoms with Crippen molar-refractivity contribution in [3.63, 3.8) is 0 Å². The van der Waals surface area contributed by atoms with Gasteiger partial charge >= 0.3 is 5.97 Å². The van der Waals surface area contributed by atoms with Crippen LogP contribution in [0, 0.1) is 0 Å². The SMILES string of the molecule is COC(=O)C(C1(c2ccccc2)C(=O)c2ccc(OC)cc2C1=O)[N+](C)(C)C. The van der Waals surface area contributed by atoms with Crippen LogP contribution >= 0.6 is 0 Å². The van der Waals surface area contributed by atoms with Gasteiger partial charge in [-0.1, -0.05) is 30.3 Å². The Morgan fingerprint density at radius 1 is 0.929 bits per heavy atom. The minimum Gasteiger partial charge on any atom is -0.497 e. The second-order valence-electron chi connectivity index (χ2n) is 7.79. The van der Waals surface area contributed by atoms with Gasteiger partial charge in [-0.2, -0.15) is 0 Å². The number of likely N-dealkylation sites (N-methyl/N-ethyl adjacent to an activating group) is 1. The van der Waals surface area contributed by atoms with E-state index in [4.69, 9.17) is 9.47 Å². The molecule has 0 amide bonds. The first-order valence-electron chi connectivity index (χ1n) is 8.91. The van der Waals surface area contributed by atoms with Gasteiger partial charge in [0.05, 0.1) is 35.4 Å². The predicted molar refractivity (Wildman–Crippen MR) is 104 cm³/mol. The highest BCUT2D eigenvalue weighted by molar-refractivity contribution is 6.35. The van der Waals surface area contributed by atoms with Gasteiger partial charge in [0.15, 0.2) is 17.0 Å². The summed E-state index contributed by atoms with van der Waals surface area (Å²) in [5.74, 6) is -0.952. The van der Waals surface area contributed by atoms with Crippen molar-refractivity contribution in [1.82, 2.24) is 0 Å². The Kier molecular flexibility index (Phi) is 4.85. The minimum atomic E-state index is -1.71. The van der Waals surface area contributed by atoms with Gasteiger partial charge < -0.3 is 14.0 Å². The molecule has 3 rings (SSSR count). The maximum absolute atomic E-state index is 13.8. The maximum Gasteiger partial charge on any atom is 0.366 e. The number of hydrogen-bond acceptors (Lipinski definition) is 5. The number of esters is 1. The number of benzene rings is 2. The number of ketones is 2. The molecule has 2 aromatic carbocycles. The number of methoxy groups -OCH3 is 2. The molecule has 1 aliphatic rings. The molecular formula is C22H24NO5+. The molecule has 1 aliphatic carbocycles. The zero-order chi connectivity index (χ0) is 20.7. The number of hydrogen-bond donors (Lipinski definition) is 0. The second-order valence-corrected chi connectivity index (χ2v) is 7.79. The van der Waals surface area contributed by atoms with E-state index in [2.05, 4.69) is 0 Å². The highest BCUT2D eigenvalue weighted by Gasteiger charge is 2.66. The largest absolute Gasteiger partial charge is 0.497 e. The zero-order valence-electron chi connectivity index (χ0n) is 16.7. The molecule has 0 radical (unpaired) electrons. The molecule has 0 heterocycles. The molecule has 2 aromatic rings. The van der Waals surface area contributed by atoms with Crippen molar-refractivity contribution in [2.75, 3.05) is 35.4 Å². The summed E-state index contributed by atoms with van der Waals surface area (Å²) in [4.78, 5) is 40.5. The van der Waals surface area contributed by atoms with Gasteiger partial charge in [-0.3, -0.25) is 9.59 Å². The summed E-state index contributed by atoms with van der Waals surface area (Å²) in [6, 6.07) is 12.5. The van der Waals surface area contributed by atoms with Crippen molar-refractivity contribution < 1.29 is 28.3 Å². The topological polar surface area (TPSA) is 69.7 Å². The van der Waals surface area contributed by atoms with Gasteiger partial charge in [-0.05, 0) is 23.8 Å². The predicted octanol–water partition coefficient (Wildman–Crippen LogP) is 2.26. The first kappa shape index (κ1) is 19.8. The van der Waals surface area contributed by atoms with Crippen LogP contribution in [0.5, 0.6) is 5.75 Å². The Morgan fingerprint density at radius 2 is 1.54 bits per heavy atom. The molecule has 0 aromatic heterocycles. The van der Waals surface area contributed by atoms with Gasteiger partial charge in [0.25, 0.3) is 0 Å². The first-order chi connectivity index (χ1) is 13.2. The number of fused-ring (bicyclic) bond motifs is 1. The average Bonchev–Trinajstić information content (AvgIpc) is 2.89. The Morgan fingerprint density at radius 3 is 2.07 bits per heavy atom. The highest BCUT2D eigenvalue weighted by Crippen LogP contribution is 2.46. The summed E-state index contributed by atoms with van der Waals surface area (Å²) in [5, 5.41) is 0. The maximum atomic E-state index is 13.8. The lowest BCUT2D eigenvalue weighted by atomic mass is 9.69. The van der Waals surface area contributed by atoms with Crippen LogP contribution in [0.2, 0.25) is 0 Å². The van der Waals surface area contributed by atoms with Gasteiger partial charge in [0.2, 0.25) is 6.04 Å². The lowest BCUT2D eigenvalue weighted by Crippen LogP contribution is -2.65. The van der Waals surface area contributed by atoms with E-state index in [-0.39, 0.29) is 15.6 Å². The van der Waals surface area contributed by atoms with Crippen LogP contribution in [-0.2, 0) is 14.9 Å². The summed E-state index contributed by atoms with van der Waals surface area (Å²) >= 11 is 0. The minimum absolute atomic E-state index is 0.0458. The number of ether oxygens (including phenoxy) is 2. The van der Waals surface area contributed by atoms with Crippen molar-refractivity contribution in [2.45, 2.75) is 11.5 Å². The normalized spacial score (nSPS) is 19.9. The van der Waals surface area contributed by atoms with E-state index in [1.165, 1.54) is 14.2 Å². The van der Waals surface area contributed by atoms with Crippen molar-refractivity contribution in [3.05, 3.63) is 65.2 Å². The van der Waals surface area contributed by atoms with Crippen LogP contribution in [0.3, 0.4) is 0 Å². The van der Waals surface area contributed by atoms with Crippen molar-refractivity contribution in [2.24, 2.45) is 0 Å². The van der Waals surface area contributed by atoms with E-state index < -0.39 is 29.0 Å². The van der Waals surface area contributed by atoms with Crippen LogP contribution in [-0.4, -0.2) is 63.4 Å². The number of quaternary nitrogens is 1. The number of rotatable bonds is 5. The van der Waals surface area contributed by atoms with Gasteiger partial charge in [-0.15, -0.1) is 0 Å². The van der Waals surface area contributed by atoms with E-state index in [1.54, 1.807) is 69.7 Å². The van der Waals surface area contributed by atoms with Crippen LogP contribution in [0.15, 0.2) is 48.5 Å². The van der Waals surface area contributed by atoms with Crippen molar-refractivity contribution in [3.8, 4) is 5.75 Å². The molecular weight excluding hydrogens is 358 g/mol. The second kappa shape index (κ2) is 6.87. The fraction of sp³-hybridized carbons (Fsp3) is 0.318. The van der Waals surface area contributed by atoms with E-state index in [1.807, 2.05) is 0 Å². The van der Waals surface area contributed by atoms with E-state index in [0.29, 0.717) is 11.3 Å². The summed E-state index contributed by atoms with van der Waals surface area (Å²) in [7, 11) is 8.09. The first-order valence-corrected chi connectivity index (χ1v) is 8.91. The molecule has 0 fully saturated rings. The monoisotopic (exact) mass is 382 g/mol. The molecule has 0 aliphatic heterocycles. The lowest BCUT2D eigenvalue weighted by molar-refractivity contribution is -0.889. The van der Waals surface area contributed by atoms with Crippen LogP contribution < -0.4 is 4.74 Å². The van der Waals surface area contributed by atoms with Crippen LogP contribution in [0.25, 0.3) is 0 Å². The Bertz CT molecular complexity index is 945. The van der Waals surface area contributed by atoms with Crippen molar-refractivity contribution >= 4 is 17.5 Å². The van der Waals surface area contributed by atoms with Crippen LogP contribution in [0.4, 0.5) is 0 Å². The van der Waals surface area contributed by atoms with E-state index in [0.717, 1.165) is 0 Å². The molecule has 28 heavy (non-hydrogen) atoms. The van der Waals surface area contributed by atoms with Gasteiger partial charge in [0.1, 0.15) is 5.75 Å². The van der Waals surface area contributed by atoms with Crippen molar-refractivity contribution in [1.29, 1.82) is 0 Å². The van der Waals surface area contributed by atoms with Crippen LogP contribution in [0.1, 0.15) is 26.3 Å². The summed E-state index contributed by atoms with van der Waals surface area (Å²) in [5.41, 5.74) is -0.683. The smallest absolute Gasteiger partial charge is 0.366 e. The third kappa shape index (κ3) is 2.72. The fourth-order valence-electron chi connectivity index (χ4n) is 4.12. The molecule has 0 N–H and O–H groups in total. The molecule has 6 heteroatoms. The van der Waals surface area contributed by atoms with E-state index in [9.17, 15) is 14.4 Å². The summed E-state index contributed by atoms with van der Waals surface area (Å²) < 4.78 is 10.3. The zero-order valence-corrected chi connectivity index (χ0v) is 16.7. The number of nitrogens with zero attached hydrogens (tertiary/aromatic N) is 1. The molecule has 2 unspecified atom stereocenters. The number of carbonyl (C=O) groups excluding carboxylic acids is 3. The molecule has 0 saturated heterocycles. The Hall–Kier alpha value is -2.99. The van der Waals surface area contributed by atoms with Gasteiger partial charge in [0, 0.05) is 11.1 Å². The molecule has 6 nitrogen and oxygen atoms in total. The molecule has 0 saturated carbocycles. The molecule has 2 atom stereocenters. The third-order valence-electron chi connectivity index (χ3n) is 5.27. The number of Topliss-reactive ketones (excluding diaryl/α,β-unsaturated/α-hetero) is 2. The summed E-state index contributed by atoms with van der Waals surface area (Å²) in [6.45, 7) is 0. The Balaban J connectivity index is 2.38. The lowest BCUT2D eigenvalue weighted by Gasteiger charge is -2.41. The standard InChI is InChI=1S/C22H24NO5/c1-23(2,3)18(21(26)28-5)22(14-9-7-6-8-10-14)19(24)16-12-11-15(27-4)13-17(16)20(22)25/h6-13,18H,1-5H3/q+1. The molecule has 146 valence electrons. The molecule has 0 bridgehead atoms. The Labute approximate surface area is 164 Å². The third-order valence-corrected chi connectivity index (χ3v) is 5.27. The quantitative estimate of drug-likeness (QED) is 0.451. The average molecular weight is 382 g/mol. The van der Waals surface area contributed by atoms with Gasteiger partial charge in [-0.25, -0.2) is 4.79 Å². The fourth-order valence-corrected chi connectivity index (χ4v) is 4.12. The molecule has 0 spiro atoms. The highest BCUT2D eigenvalue weighted by atomic mass is 16.5. The summed E-state index contributed by atoms with van der Waals surface area (Å²) in [6.07, 6.45) is 0. The van der Waals surface area contributed by atoms with E-state index >= 15 is 0 Å².